The Bertz CT molecular complexity index is 677. The van der Waals surface area contributed by atoms with Crippen molar-refractivity contribution in [2.24, 2.45) is 0 Å². The highest BCUT2D eigenvalue weighted by molar-refractivity contribution is 6.31. The van der Waals surface area contributed by atoms with Crippen LogP contribution in [0, 0.1) is 6.92 Å². The van der Waals surface area contributed by atoms with E-state index in [1.54, 1.807) is 6.20 Å². The molecule has 0 saturated carbocycles. The third-order valence-electron chi connectivity index (χ3n) is 3.91. The van der Waals surface area contributed by atoms with Gasteiger partial charge in [0, 0.05) is 36.9 Å². The molecule has 0 spiro atoms. The van der Waals surface area contributed by atoms with Gasteiger partial charge in [-0.1, -0.05) is 17.7 Å². The Labute approximate surface area is 146 Å². The second-order valence-corrected chi connectivity index (χ2v) is 5.99. The van der Waals surface area contributed by atoms with Crippen LogP contribution in [0.15, 0.2) is 24.4 Å². The summed E-state index contributed by atoms with van der Waals surface area (Å²) in [7, 11) is 0. The Morgan fingerprint density at radius 3 is 2.96 bits per heavy atom. The maximum atomic E-state index is 6.13. The Morgan fingerprint density at radius 2 is 2.12 bits per heavy atom. The van der Waals surface area contributed by atoms with Crippen LogP contribution in [0.5, 0.6) is 0 Å². The number of hydrogen-bond acceptors (Lipinski definition) is 7. The van der Waals surface area contributed by atoms with Gasteiger partial charge < -0.3 is 15.4 Å². The Kier molecular flexibility index (Phi) is 5.79. The molecule has 0 atom stereocenters. The monoisotopic (exact) mass is 348 g/mol. The molecule has 1 aliphatic rings. The molecule has 1 aromatic carbocycles. The molecule has 0 radical (unpaired) electrons. The van der Waals surface area contributed by atoms with E-state index >= 15 is 0 Å². The first kappa shape index (κ1) is 16.9. The molecule has 2 heterocycles. The zero-order chi connectivity index (χ0) is 16.8. The van der Waals surface area contributed by atoms with E-state index in [0.29, 0.717) is 16.8 Å². The van der Waals surface area contributed by atoms with Crippen LogP contribution >= 0.6 is 11.6 Å². The molecule has 1 aromatic heterocycles. The quantitative estimate of drug-likeness (QED) is 0.829. The van der Waals surface area contributed by atoms with Gasteiger partial charge in [0.2, 0.25) is 5.95 Å². The second-order valence-electron chi connectivity index (χ2n) is 5.58. The highest BCUT2D eigenvalue weighted by atomic mass is 35.5. The molecule has 8 heteroatoms. The normalized spacial score (nSPS) is 15.2. The summed E-state index contributed by atoms with van der Waals surface area (Å²) >= 11 is 6.13. The molecule has 3 rings (SSSR count). The smallest absolute Gasteiger partial charge is 0.249 e. The van der Waals surface area contributed by atoms with Gasteiger partial charge in [-0.05, 0) is 24.6 Å². The second kappa shape index (κ2) is 8.23. The zero-order valence-electron chi connectivity index (χ0n) is 13.6. The minimum absolute atomic E-state index is 0.441. The van der Waals surface area contributed by atoms with Crippen molar-refractivity contribution in [1.29, 1.82) is 0 Å². The number of nitrogens with one attached hydrogen (secondary N) is 2. The van der Waals surface area contributed by atoms with Crippen LogP contribution < -0.4 is 10.6 Å². The maximum absolute atomic E-state index is 6.13. The third-order valence-corrected chi connectivity index (χ3v) is 4.32. The molecule has 0 unspecified atom stereocenters. The van der Waals surface area contributed by atoms with Crippen molar-refractivity contribution in [1.82, 2.24) is 20.1 Å². The van der Waals surface area contributed by atoms with Gasteiger partial charge in [-0.3, -0.25) is 4.90 Å². The lowest BCUT2D eigenvalue weighted by Gasteiger charge is -2.26. The molecule has 2 N–H and O–H groups in total. The van der Waals surface area contributed by atoms with Gasteiger partial charge in [0.05, 0.1) is 19.4 Å². The summed E-state index contributed by atoms with van der Waals surface area (Å²) in [5.74, 6) is 1.14. The van der Waals surface area contributed by atoms with Crippen molar-refractivity contribution in [2.75, 3.05) is 50.0 Å². The van der Waals surface area contributed by atoms with Crippen molar-refractivity contribution in [3.8, 4) is 0 Å². The van der Waals surface area contributed by atoms with Crippen LogP contribution in [0.25, 0.3) is 0 Å². The van der Waals surface area contributed by atoms with Gasteiger partial charge in [-0.2, -0.15) is 10.1 Å². The maximum Gasteiger partial charge on any atom is 0.249 e. The van der Waals surface area contributed by atoms with E-state index in [4.69, 9.17) is 16.3 Å². The van der Waals surface area contributed by atoms with Crippen LogP contribution in [-0.2, 0) is 4.74 Å². The number of anilines is 3. The minimum Gasteiger partial charge on any atom is -0.379 e. The number of aromatic nitrogens is 3. The highest BCUT2D eigenvalue weighted by Crippen LogP contribution is 2.24. The molecule has 0 aliphatic carbocycles. The average molecular weight is 349 g/mol. The average Bonchev–Trinajstić information content (AvgIpc) is 2.60. The highest BCUT2D eigenvalue weighted by Gasteiger charge is 2.10. The van der Waals surface area contributed by atoms with Crippen molar-refractivity contribution < 1.29 is 4.74 Å². The number of benzene rings is 1. The molecule has 1 fully saturated rings. The number of ether oxygens (including phenoxy) is 1. The standard InChI is InChI=1S/C16H21ClN6O/c1-12-13(17)3-2-4-14(12)20-16-21-15(11-19-22-16)18-5-6-23-7-9-24-10-8-23/h2-4,11H,5-10H2,1H3,(H2,18,20,21,22). The summed E-state index contributed by atoms with van der Waals surface area (Å²) in [6.45, 7) is 7.26. The predicted molar refractivity (Wildman–Crippen MR) is 95.0 cm³/mol. The molecule has 1 aliphatic heterocycles. The van der Waals surface area contributed by atoms with Crippen LogP contribution in [0.1, 0.15) is 5.56 Å². The molecule has 7 nitrogen and oxygen atoms in total. The molecule has 0 amide bonds. The first-order valence-corrected chi connectivity index (χ1v) is 8.36. The van der Waals surface area contributed by atoms with Gasteiger partial charge in [-0.15, -0.1) is 5.10 Å². The fourth-order valence-electron chi connectivity index (χ4n) is 2.47. The van der Waals surface area contributed by atoms with Gasteiger partial charge in [0.1, 0.15) is 0 Å². The fraction of sp³-hybridized carbons (Fsp3) is 0.438. The Hall–Kier alpha value is -1.96. The van der Waals surface area contributed by atoms with Crippen molar-refractivity contribution in [2.45, 2.75) is 6.92 Å². The van der Waals surface area contributed by atoms with E-state index in [9.17, 15) is 0 Å². The van der Waals surface area contributed by atoms with E-state index in [-0.39, 0.29) is 0 Å². The lowest BCUT2D eigenvalue weighted by molar-refractivity contribution is 0.0398. The SMILES string of the molecule is Cc1c(Cl)cccc1Nc1nncc(NCCN2CCOCC2)n1. The molecule has 2 aromatic rings. The van der Waals surface area contributed by atoms with Gasteiger partial charge in [-0.25, -0.2) is 0 Å². The number of halogens is 1. The molecule has 24 heavy (non-hydrogen) atoms. The summed E-state index contributed by atoms with van der Waals surface area (Å²) in [5, 5.41) is 15.2. The van der Waals surface area contributed by atoms with Crippen LogP contribution in [0.4, 0.5) is 17.5 Å². The molecular formula is C16H21ClN6O. The first-order valence-electron chi connectivity index (χ1n) is 7.98. The summed E-state index contributed by atoms with van der Waals surface area (Å²) in [5.41, 5.74) is 1.82. The van der Waals surface area contributed by atoms with E-state index in [0.717, 1.165) is 50.6 Å². The number of rotatable bonds is 6. The lowest BCUT2D eigenvalue weighted by Crippen LogP contribution is -2.39. The van der Waals surface area contributed by atoms with Gasteiger partial charge >= 0.3 is 0 Å². The summed E-state index contributed by atoms with van der Waals surface area (Å²) in [4.78, 5) is 6.80. The number of hydrogen-bond donors (Lipinski definition) is 2. The zero-order valence-corrected chi connectivity index (χ0v) is 14.4. The third kappa shape index (κ3) is 4.53. The Balaban J connectivity index is 1.56. The molecule has 128 valence electrons. The van der Waals surface area contributed by atoms with E-state index < -0.39 is 0 Å². The van der Waals surface area contributed by atoms with Crippen molar-refractivity contribution in [3.63, 3.8) is 0 Å². The molecule has 0 bridgehead atoms. The van der Waals surface area contributed by atoms with Crippen LogP contribution in [-0.4, -0.2) is 59.5 Å². The Morgan fingerprint density at radius 1 is 1.29 bits per heavy atom. The predicted octanol–water partition coefficient (Wildman–Crippen LogP) is 2.32. The largest absolute Gasteiger partial charge is 0.379 e. The van der Waals surface area contributed by atoms with E-state index in [1.165, 1.54) is 0 Å². The van der Waals surface area contributed by atoms with Crippen molar-refractivity contribution in [3.05, 3.63) is 35.0 Å². The van der Waals surface area contributed by atoms with Crippen molar-refractivity contribution >= 4 is 29.1 Å². The minimum atomic E-state index is 0.441. The van der Waals surface area contributed by atoms with E-state index in [1.807, 2.05) is 25.1 Å². The van der Waals surface area contributed by atoms with Crippen LogP contribution in [0.3, 0.4) is 0 Å². The first-order chi connectivity index (χ1) is 11.7. The van der Waals surface area contributed by atoms with E-state index in [2.05, 4.69) is 30.7 Å². The van der Waals surface area contributed by atoms with Gasteiger partial charge in [0.15, 0.2) is 5.82 Å². The number of morpholine rings is 1. The summed E-state index contributed by atoms with van der Waals surface area (Å²) in [6.07, 6.45) is 1.62. The van der Waals surface area contributed by atoms with Gasteiger partial charge in [0.25, 0.3) is 0 Å². The lowest BCUT2D eigenvalue weighted by atomic mass is 10.2. The fourth-order valence-corrected chi connectivity index (χ4v) is 2.65. The molecule has 1 saturated heterocycles. The summed E-state index contributed by atoms with van der Waals surface area (Å²) < 4.78 is 5.34. The molecular weight excluding hydrogens is 328 g/mol. The van der Waals surface area contributed by atoms with Crippen LogP contribution in [0.2, 0.25) is 5.02 Å². The topological polar surface area (TPSA) is 75.2 Å². The summed E-state index contributed by atoms with van der Waals surface area (Å²) in [6, 6.07) is 5.67. The number of nitrogens with zero attached hydrogens (tertiary/aromatic N) is 4.